The maximum Gasteiger partial charge on any atom is 0.238 e. The summed E-state index contributed by atoms with van der Waals surface area (Å²) in [5, 5.41) is 5.91. The van der Waals surface area contributed by atoms with E-state index in [0.717, 1.165) is 35.2 Å². The average molecular weight is 412 g/mol. The van der Waals surface area contributed by atoms with Gasteiger partial charge in [0.15, 0.2) is 0 Å². The number of hydrogen-bond acceptors (Lipinski definition) is 3. The topological polar surface area (TPSA) is 61.4 Å². The van der Waals surface area contributed by atoms with E-state index in [4.69, 9.17) is 0 Å². The van der Waals surface area contributed by atoms with Crippen molar-refractivity contribution in [2.24, 2.45) is 0 Å². The summed E-state index contributed by atoms with van der Waals surface area (Å²) >= 11 is 0. The fourth-order valence-corrected chi connectivity index (χ4v) is 3.41. The second-order valence-electron chi connectivity index (χ2n) is 8.04. The molecule has 0 spiro atoms. The van der Waals surface area contributed by atoms with E-state index < -0.39 is 0 Å². The van der Waals surface area contributed by atoms with Gasteiger partial charge in [-0.2, -0.15) is 0 Å². The molecule has 160 valence electrons. The van der Waals surface area contributed by atoms with Crippen LogP contribution in [0, 0.1) is 19.7 Å². The van der Waals surface area contributed by atoms with Crippen molar-refractivity contribution >= 4 is 17.5 Å². The minimum Gasteiger partial charge on any atom is -0.356 e. The van der Waals surface area contributed by atoms with Gasteiger partial charge in [-0.3, -0.25) is 14.5 Å². The second kappa shape index (κ2) is 10.3. The summed E-state index contributed by atoms with van der Waals surface area (Å²) in [5.74, 6) is -0.338. The molecule has 1 aliphatic carbocycles. The Kier molecular flexibility index (Phi) is 7.57. The van der Waals surface area contributed by atoms with Crippen molar-refractivity contribution in [3.05, 3.63) is 65.0 Å². The highest BCUT2D eigenvalue weighted by molar-refractivity contribution is 5.93. The first kappa shape index (κ1) is 22.0. The third-order valence-electron chi connectivity index (χ3n) is 5.35. The van der Waals surface area contributed by atoms with E-state index in [2.05, 4.69) is 15.5 Å². The van der Waals surface area contributed by atoms with Gasteiger partial charge in [-0.05, 0) is 68.0 Å². The van der Waals surface area contributed by atoms with Gasteiger partial charge < -0.3 is 10.6 Å². The van der Waals surface area contributed by atoms with Crippen molar-refractivity contribution in [1.82, 2.24) is 10.2 Å². The minimum atomic E-state index is -0.260. The number of nitrogens with one attached hydrogen (secondary N) is 2. The van der Waals surface area contributed by atoms with Gasteiger partial charge in [0.25, 0.3) is 0 Å². The van der Waals surface area contributed by atoms with E-state index in [1.807, 2.05) is 32.0 Å². The second-order valence-corrected chi connectivity index (χ2v) is 8.04. The van der Waals surface area contributed by atoms with E-state index >= 15 is 0 Å². The van der Waals surface area contributed by atoms with Crippen molar-refractivity contribution in [2.75, 3.05) is 25.0 Å². The van der Waals surface area contributed by atoms with Crippen LogP contribution in [0.1, 0.15) is 36.0 Å². The number of amides is 2. The average Bonchev–Trinajstić information content (AvgIpc) is 3.55. The van der Waals surface area contributed by atoms with Crippen LogP contribution in [0.25, 0.3) is 0 Å². The summed E-state index contributed by atoms with van der Waals surface area (Å²) in [6.07, 6.45) is 3.17. The molecule has 0 aromatic heterocycles. The number of benzene rings is 2. The molecule has 5 nitrogen and oxygen atoms in total. The molecule has 1 fully saturated rings. The maximum atomic E-state index is 12.9. The van der Waals surface area contributed by atoms with Crippen LogP contribution in [-0.4, -0.2) is 42.4 Å². The number of halogens is 1. The first-order chi connectivity index (χ1) is 14.4. The van der Waals surface area contributed by atoms with Crippen LogP contribution in [0.3, 0.4) is 0 Å². The normalized spacial score (nSPS) is 13.3. The van der Waals surface area contributed by atoms with Gasteiger partial charge in [0, 0.05) is 31.2 Å². The van der Waals surface area contributed by atoms with Crippen molar-refractivity contribution in [3.8, 4) is 0 Å². The zero-order valence-corrected chi connectivity index (χ0v) is 17.7. The molecule has 3 rings (SSSR count). The molecule has 2 amide bonds. The molecule has 0 bridgehead atoms. The lowest BCUT2D eigenvalue weighted by Crippen LogP contribution is -2.38. The molecule has 6 heteroatoms. The predicted octanol–water partition coefficient (Wildman–Crippen LogP) is 3.59. The van der Waals surface area contributed by atoms with E-state index in [0.29, 0.717) is 38.5 Å². The molecule has 0 heterocycles. The molecule has 2 aromatic carbocycles. The molecule has 0 radical (unpaired) electrons. The summed E-state index contributed by atoms with van der Waals surface area (Å²) in [5.41, 5.74) is 3.97. The largest absolute Gasteiger partial charge is 0.356 e. The third kappa shape index (κ3) is 6.95. The lowest BCUT2D eigenvalue weighted by molar-refractivity contribution is -0.122. The fraction of sp³-hybridized carbons (Fsp3) is 0.417. The number of nitrogens with zero attached hydrogens (tertiary/aromatic N) is 1. The summed E-state index contributed by atoms with van der Waals surface area (Å²) in [4.78, 5) is 26.8. The molecule has 0 atom stereocenters. The summed E-state index contributed by atoms with van der Waals surface area (Å²) in [7, 11) is 0. The number of aryl methyl sites for hydroxylation is 2. The monoisotopic (exact) mass is 411 g/mol. The van der Waals surface area contributed by atoms with Crippen LogP contribution in [0.15, 0.2) is 42.5 Å². The lowest BCUT2D eigenvalue weighted by Gasteiger charge is -2.21. The van der Waals surface area contributed by atoms with E-state index in [1.54, 1.807) is 12.1 Å². The maximum absolute atomic E-state index is 12.9. The van der Waals surface area contributed by atoms with Gasteiger partial charge in [0.1, 0.15) is 5.82 Å². The minimum absolute atomic E-state index is 0.0299. The highest BCUT2D eigenvalue weighted by Crippen LogP contribution is 2.27. The SMILES string of the molecule is Cc1ccc(C)c(NC(=O)CN(CCC(=O)NCCc2ccc(F)cc2)C2CC2)c1. The van der Waals surface area contributed by atoms with Gasteiger partial charge >= 0.3 is 0 Å². The Bertz CT molecular complexity index is 879. The predicted molar refractivity (Wildman–Crippen MR) is 117 cm³/mol. The summed E-state index contributed by atoms with van der Waals surface area (Å²) in [6, 6.07) is 12.7. The van der Waals surface area contributed by atoms with E-state index in [-0.39, 0.29) is 17.6 Å². The number of hydrogen-bond donors (Lipinski definition) is 2. The highest BCUT2D eigenvalue weighted by Gasteiger charge is 2.30. The van der Waals surface area contributed by atoms with E-state index in [1.165, 1.54) is 12.1 Å². The van der Waals surface area contributed by atoms with Gasteiger partial charge in [0.05, 0.1) is 6.54 Å². The lowest BCUT2D eigenvalue weighted by atomic mass is 10.1. The Morgan fingerprint density at radius 1 is 1.07 bits per heavy atom. The Morgan fingerprint density at radius 3 is 2.50 bits per heavy atom. The van der Waals surface area contributed by atoms with Crippen LogP contribution >= 0.6 is 0 Å². The molecule has 1 saturated carbocycles. The number of carbonyl (C=O) groups is 2. The first-order valence-electron chi connectivity index (χ1n) is 10.5. The van der Waals surface area contributed by atoms with Crippen LogP contribution in [-0.2, 0) is 16.0 Å². The summed E-state index contributed by atoms with van der Waals surface area (Å²) in [6.45, 7) is 5.35. The van der Waals surface area contributed by atoms with Crippen molar-refractivity contribution < 1.29 is 14.0 Å². The van der Waals surface area contributed by atoms with Crippen molar-refractivity contribution in [1.29, 1.82) is 0 Å². The van der Waals surface area contributed by atoms with Crippen LogP contribution in [0.2, 0.25) is 0 Å². The number of anilines is 1. The van der Waals surface area contributed by atoms with Gasteiger partial charge in [-0.15, -0.1) is 0 Å². The van der Waals surface area contributed by atoms with E-state index in [9.17, 15) is 14.0 Å². The van der Waals surface area contributed by atoms with Crippen molar-refractivity contribution in [2.45, 2.75) is 45.6 Å². The van der Waals surface area contributed by atoms with Crippen LogP contribution in [0.5, 0.6) is 0 Å². The highest BCUT2D eigenvalue weighted by atomic mass is 19.1. The molecule has 2 aromatic rings. The molecule has 1 aliphatic rings. The first-order valence-corrected chi connectivity index (χ1v) is 10.5. The molecule has 0 unspecified atom stereocenters. The molecular weight excluding hydrogens is 381 g/mol. The Hall–Kier alpha value is -2.73. The smallest absolute Gasteiger partial charge is 0.238 e. The van der Waals surface area contributed by atoms with Crippen LogP contribution in [0.4, 0.5) is 10.1 Å². The summed E-state index contributed by atoms with van der Waals surface area (Å²) < 4.78 is 12.9. The van der Waals surface area contributed by atoms with Gasteiger partial charge in [-0.25, -0.2) is 4.39 Å². The Morgan fingerprint density at radius 2 is 1.80 bits per heavy atom. The van der Waals surface area contributed by atoms with Gasteiger partial charge in [-0.1, -0.05) is 24.3 Å². The zero-order chi connectivity index (χ0) is 21.5. The Labute approximate surface area is 177 Å². The van der Waals surface area contributed by atoms with Gasteiger partial charge in [0.2, 0.25) is 11.8 Å². The molecule has 2 N–H and O–H groups in total. The fourth-order valence-electron chi connectivity index (χ4n) is 3.41. The number of carbonyl (C=O) groups excluding carboxylic acids is 2. The standard InChI is InChI=1S/C24H30FN3O2/c1-17-3-4-18(2)22(15-17)27-24(30)16-28(21-9-10-21)14-12-23(29)26-13-11-19-5-7-20(25)8-6-19/h3-8,15,21H,9-14,16H2,1-2H3,(H,26,29)(H,27,30). The van der Waals surface area contributed by atoms with Crippen LogP contribution < -0.4 is 10.6 Å². The quantitative estimate of drug-likeness (QED) is 0.628. The molecule has 30 heavy (non-hydrogen) atoms. The zero-order valence-electron chi connectivity index (χ0n) is 17.7. The Balaban J connectivity index is 1.41. The molecular formula is C24H30FN3O2. The van der Waals surface area contributed by atoms with Crippen molar-refractivity contribution in [3.63, 3.8) is 0 Å². The molecule has 0 aliphatic heterocycles. The molecule has 0 saturated heterocycles. The third-order valence-corrected chi connectivity index (χ3v) is 5.35. The number of rotatable bonds is 10.